The Kier molecular flexibility index (Phi) is 3.63. The minimum atomic E-state index is -3.38. The van der Waals surface area contributed by atoms with Gasteiger partial charge in [-0.25, -0.2) is 18.1 Å². The molecule has 17 heavy (non-hydrogen) atoms. The van der Waals surface area contributed by atoms with E-state index < -0.39 is 10.0 Å². The number of nitrogens with zero attached hydrogens (tertiary/aromatic N) is 2. The molecule has 94 valence electrons. The maximum absolute atomic E-state index is 11.5. The van der Waals surface area contributed by atoms with E-state index in [0.717, 1.165) is 18.9 Å². The Morgan fingerprint density at radius 3 is 2.47 bits per heavy atom. The molecule has 6 heteroatoms. The summed E-state index contributed by atoms with van der Waals surface area (Å²) < 4.78 is 25.3. The maximum Gasteiger partial charge on any atom is 0.241 e. The molecule has 1 N–H and O–H groups in total. The molecule has 5 nitrogen and oxygen atoms in total. The number of nitrogens with one attached hydrogen (secondary N) is 1. The molecule has 0 atom stereocenters. The minimum absolute atomic E-state index is 0.209. The van der Waals surface area contributed by atoms with Crippen LogP contribution < -0.4 is 9.62 Å². The molecule has 0 bridgehead atoms. The van der Waals surface area contributed by atoms with Crippen LogP contribution in [0.15, 0.2) is 23.2 Å². The Morgan fingerprint density at radius 2 is 1.94 bits per heavy atom. The van der Waals surface area contributed by atoms with Crippen LogP contribution in [-0.4, -0.2) is 33.5 Å². The van der Waals surface area contributed by atoms with Gasteiger partial charge < -0.3 is 4.90 Å². The normalized spacial score (nSPS) is 17.1. The Labute approximate surface area is 102 Å². The number of rotatable bonds is 3. The van der Waals surface area contributed by atoms with E-state index in [9.17, 15) is 8.42 Å². The van der Waals surface area contributed by atoms with E-state index in [2.05, 4.69) is 14.6 Å². The molecule has 0 radical (unpaired) electrons. The van der Waals surface area contributed by atoms with E-state index in [1.54, 1.807) is 12.1 Å². The highest BCUT2D eigenvalue weighted by Crippen LogP contribution is 2.18. The second kappa shape index (κ2) is 5.01. The van der Waals surface area contributed by atoms with E-state index in [4.69, 9.17) is 0 Å². The quantitative estimate of drug-likeness (QED) is 0.874. The fourth-order valence-electron chi connectivity index (χ4n) is 1.96. The van der Waals surface area contributed by atoms with Crippen molar-refractivity contribution in [2.45, 2.75) is 24.2 Å². The Bertz CT molecular complexity index is 464. The summed E-state index contributed by atoms with van der Waals surface area (Å²) in [4.78, 5) is 6.63. The van der Waals surface area contributed by atoms with Gasteiger partial charge in [-0.15, -0.1) is 0 Å². The molecule has 0 saturated carbocycles. The average Bonchev–Trinajstić information content (AvgIpc) is 2.40. The predicted molar refractivity (Wildman–Crippen MR) is 66.5 cm³/mol. The second-order valence-corrected chi connectivity index (χ2v) is 5.99. The average molecular weight is 255 g/mol. The number of hydrogen-bond donors (Lipinski definition) is 1. The Hall–Kier alpha value is -1.14. The molecule has 0 unspecified atom stereocenters. The highest BCUT2D eigenvalue weighted by atomic mass is 32.2. The summed E-state index contributed by atoms with van der Waals surface area (Å²) in [6.45, 7) is 2.01. The van der Waals surface area contributed by atoms with Crippen molar-refractivity contribution in [2.24, 2.45) is 0 Å². The molecule has 0 amide bonds. The molecule has 1 aromatic rings. The fourth-order valence-corrected chi connectivity index (χ4v) is 2.63. The first-order chi connectivity index (χ1) is 8.13. The first-order valence-electron chi connectivity index (χ1n) is 5.78. The minimum Gasteiger partial charge on any atom is -0.357 e. The highest BCUT2D eigenvalue weighted by molar-refractivity contribution is 7.89. The van der Waals surface area contributed by atoms with Gasteiger partial charge in [-0.2, -0.15) is 0 Å². The lowest BCUT2D eigenvalue weighted by Gasteiger charge is -2.27. The monoisotopic (exact) mass is 255 g/mol. The highest BCUT2D eigenvalue weighted by Gasteiger charge is 2.15. The van der Waals surface area contributed by atoms with E-state index in [1.807, 2.05) is 0 Å². The largest absolute Gasteiger partial charge is 0.357 e. The molecular weight excluding hydrogens is 238 g/mol. The first kappa shape index (κ1) is 12.3. The van der Waals surface area contributed by atoms with Crippen LogP contribution in [0.25, 0.3) is 0 Å². The van der Waals surface area contributed by atoms with E-state index in [0.29, 0.717) is 0 Å². The summed E-state index contributed by atoms with van der Waals surface area (Å²) in [5, 5.41) is 0. The van der Waals surface area contributed by atoms with Crippen molar-refractivity contribution in [3.63, 3.8) is 0 Å². The van der Waals surface area contributed by atoms with Crippen LogP contribution in [0, 0.1) is 0 Å². The second-order valence-electron chi connectivity index (χ2n) is 4.11. The zero-order valence-corrected chi connectivity index (χ0v) is 10.7. The SMILES string of the molecule is CNS(=O)(=O)c1ccc(N2CCCCC2)nc1. The molecule has 2 rings (SSSR count). The number of anilines is 1. The third-order valence-electron chi connectivity index (χ3n) is 2.98. The summed E-state index contributed by atoms with van der Waals surface area (Å²) in [6, 6.07) is 3.37. The molecule has 0 aromatic carbocycles. The van der Waals surface area contributed by atoms with E-state index in [-0.39, 0.29) is 4.90 Å². The molecular formula is C11H17N3O2S. The van der Waals surface area contributed by atoms with Crippen LogP contribution in [0.3, 0.4) is 0 Å². The number of sulfonamides is 1. The van der Waals surface area contributed by atoms with Gasteiger partial charge in [0.05, 0.1) is 0 Å². The summed E-state index contributed by atoms with van der Waals surface area (Å²) in [5.41, 5.74) is 0. The molecule has 1 saturated heterocycles. The lowest BCUT2D eigenvalue weighted by atomic mass is 10.1. The molecule has 0 spiro atoms. The van der Waals surface area contributed by atoms with Gasteiger partial charge in [-0.3, -0.25) is 0 Å². The van der Waals surface area contributed by atoms with Crippen LogP contribution in [0.4, 0.5) is 5.82 Å². The molecule has 1 aliphatic heterocycles. The number of piperidine rings is 1. The van der Waals surface area contributed by atoms with Crippen molar-refractivity contribution in [1.82, 2.24) is 9.71 Å². The smallest absolute Gasteiger partial charge is 0.241 e. The van der Waals surface area contributed by atoms with Crippen molar-refractivity contribution in [2.75, 3.05) is 25.0 Å². The van der Waals surface area contributed by atoms with Gasteiger partial charge in [-0.05, 0) is 38.4 Å². The molecule has 1 aromatic heterocycles. The van der Waals surface area contributed by atoms with Gasteiger partial charge in [0.25, 0.3) is 0 Å². The molecule has 1 aliphatic rings. The van der Waals surface area contributed by atoms with Crippen molar-refractivity contribution < 1.29 is 8.42 Å². The van der Waals surface area contributed by atoms with Gasteiger partial charge in [0.2, 0.25) is 10.0 Å². The molecule has 0 aliphatic carbocycles. The number of pyridine rings is 1. The number of aromatic nitrogens is 1. The molecule has 2 heterocycles. The zero-order valence-electron chi connectivity index (χ0n) is 9.89. The maximum atomic E-state index is 11.5. The van der Waals surface area contributed by atoms with Crippen molar-refractivity contribution >= 4 is 15.8 Å². The molecule has 1 fully saturated rings. The lowest BCUT2D eigenvalue weighted by molar-refractivity contribution is 0.572. The Balaban J connectivity index is 2.18. The van der Waals surface area contributed by atoms with Gasteiger partial charge in [0, 0.05) is 19.3 Å². The van der Waals surface area contributed by atoms with Gasteiger partial charge in [0.1, 0.15) is 10.7 Å². The van der Waals surface area contributed by atoms with E-state index >= 15 is 0 Å². The van der Waals surface area contributed by atoms with Gasteiger partial charge >= 0.3 is 0 Å². The third kappa shape index (κ3) is 2.76. The fraction of sp³-hybridized carbons (Fsp3) is 0.545. The lowest BCUT2D eigenvalue weighted by Crippen LogP contribution is -2.30. The standard InChI is InChI=1S/C11H17N3O2S/c1-12-17(15,16)10-5-6-11(13-9-10)14-7-3-2-4-8-14/h5-6,9,12H,2-4,7-8H2,1H3. The number of hydrogen-bond acceptors (Lipinski definition) is 4. The zero-order chi connectivity index (χ0) is 12.3. The first-order valence-corrected chi connectivity index (χ1v) is 7.26. The topological polar surface area (TPSA) is 62.3 Å². The van der Waals surface area contributed by atoms with Crippen LogP contribution in [-0.2, 0) is 10.0 Å². The summed E-state index contributed by atoms with van der Waals surface area (Å²) in [7, 11) is -1.98. The van der Waals surface area contributed by atoms with Crippen LogP contribution in [0.5, 0.6) is 0 Å². The van der Waals surface area contributed by atoms with Crippen molar-refractivity contribution in [1.29, 1.82) is 0 Å². The van der Waals surface area contributed by atoms with Crippen molar-refractivity contribution in [3.05, 3.63) is 18.3 Å². The van der Waals surface area contributed by atoms with Gasteiger partial charge in [-0.1, -0.05) is 0 Å². The summed E-state index contributed by atoms with van der Waals surface area (Å²) in [6.07, 6.45) is 5.04. The predicted octanol–water partition coefficient (Wildman–Crippen LogP) is 0.980. The third-order valence-corrected chi connectivity index (χ3v) is 4.38. The van der Waals surface area contributed by atoms with Crippen LogP contribution in [0.1, 0.15) is 19.3 Å². The summed E-state index contributed by atoms with van der Waals surface area (Å²) in [5.74, 6) is 0.861. The summed E-state index contributed by atoms with van der Waals surface area (Å²) >= 11 is 0. The van der Waals surface area contributed by atoms with Crippen molar-refractivity contribution in [3.8, 4) is 0 Å². The van der Waals surface area contributed by atoms with Gasteiger partial charge in [0.15, 0.2) is 0 Å². The van der Waals surface area contributed by atoms with E-state index in [1.165, 1.54) is 32.5 Å². The van der Waals surface area contributed by atoms with Crippen LogP contribution in [0.2, 0.25) is 0 Å². The Morgan fingerprint density at radius 1 is 1.24 bits per heavy atom. The van der Waals surface area contributed by atoms with Crippen LogP contribution >= 0.6 is 0 Å².